The van der Waals surface area contributed by atoms with Crippen LogP contribution in [-0.2, 0) is 4.74 Å². The number of ether oxygens (including phenoxy) is 1. The van der Waals surface area contributed by atoms with Crippen molar-refractivity contribution in [2.45, 2.75) is 18.8 Å². The van der Waals surface area contributed by atoms with E-state index in [1.807, 2.05) is 0 Å². The van der Waals surface area contributed by atoms with Gasteiger partial charge >= 0.3 is 0 Å². The molecule has 1 aliphatic rings. The smallest absolute Gasteiger partial charge is 0.263 e. The molecule has 10 heteroatoms. The van der Waals surface area contributed by atoms with Crippen LogP contribution < -0.4 is 11.1 Å². The number of amides is 1. The molecule has 9 nitrogen and oxygen atoms in total. The van der Waals surface area contributed by atoms with Gasteiger partial charge in [0.25, 0.3) is 5.91 Å². The Labute approximate surface area is 147 Å². The molecular formula is C16H16FN7O2. The van der Waals surface area contributed by atoms with Gasteiger partial charge in [-0.15, -0.1) is 5.10 Å². The van der Waals surface area contributed by atoms with E-state index in [4.69, 9.17) is 10.5 Å². The Kier molecular flexibility index (Phi) is 4.17. The summed E-state index contributed by atoms with van der Waals surface area (Å²) in [6.45, 7) is 1.33. The standard InChI is InChI=1S/C16H16FN7O2/c17-10-5-19-15-13(14(18)23-24(15)8-10)16(25)22-12-7-21-20-6-11(12)9-1-3-26-4-2-9/h5-9H,1-4H2,(H2,18,23)(H,20,22,25). The van der Waals surface area contributed by atoms with Crippen molar-refractivity contribution in [2.75, 3.05) is 24.3 Å². The highest BCUT2D eigenvalue weighted by Crippen LogP contribution is 2.31. The predicted octanol–water partition coefficient (Wildman–Crippen LogP) is 1.39. The third kappa shape index (κ3) is 2.94. The Balaban J connectivity index is 1.66. The maximum atomic E-state index is 13.3. The number of carbonyl (C=O) groups excluding carboxylic acids is 1. The molecule has 0 aromatic carbocycles. The predicted molar refractivity (Wildman–Crippen MR) is 90.1 cm³/mol. The number of aromatic nitrogens is 5. The van der Waals surface area contributed by atoms with Crippen LogP contribution in [0, 0.1) is 5.82 Å². The van der Waals surface area contributed by atoms with Gasteiger partial charge in [-0.05, 0) is 18.8 Å². The van der Waals surface area contributed by atoms with E-state index in [1.54, 1.807) is 6.20 Å². The van der Waals surface area contributed by atoms with Crippen LogP contribution in [0.1, 0.15) is 34.7 Å². The molecule has 0 atom stereocenters. The maximum Gasteiger partial charge on any atom is 0.263 e. The topological polar surface area (TPSA) is 120 Å². The second kappa shape index (κ2) is 6.64. The van der Waals surface area contributed by atoms with Crippen LogP contribution in [0.3, 0.4) is 0 Å². The zero-order chi connectivity index (χ0) is 18.1. The molecule has 4 heterocycles. The van der Waals surface area contributed by atoms with Gasteiger partial charge in [0.15, 0.2) is 17.3 Å². The van der Waals surface area contributed by atoms with Gasteiger partial charge in [-0.2, -0.15) is 10.2 Å². The number of rotatable bonds is 3. The van der Waals surface area contributed by atoms with Gasteiger partial charge in [0, 0.05) is 18.8 Å². The maximum absolute atomic E-state index is 13.3. The number of hydrogen-bond donors (Lipinski definition) is 2. The fourth-order valence-corrected chi connectivity index (χ4v) is 3.10. The minimum atomic E-state index is -0.577. The number of nitrogen functional groups attached to an aromatic ring is 1. The van der Waals surface area contributed by atoms with Crippen molar-refractivity contribution >= 4 is 23.1 Å². The Hall–Kier alpha value is -3.14. The van der Waals surface area contributed by atoms with Crippen LogP contribution in [0.25, 0.3) is 5.65 Å². The van der Waals surface area contributed by atoms with E-state index in [0.717, 1.165) is 35.3 Å². The average molecular weight is 357 g/mol. The molecule has 0 saturated carbocycles. The van der Waals surface area contributed by atoms with Crippen molar-refractivity contribution in [2.24, 2.45) is 0 Å². The normalized spacial score (nSPS) is 15.3. The molecule has 3 aromatic rings. The van der Waals surface area contributed by atoms with Crippen LogP contribution in [-0.4, -0.2) is 43.9 Å². The third-order valence-corrected chi connectivity index (χ3v) is 4.37. The van der Waals surface area contributed by atoms with E-state index in [9.17, 15) is 9.18 Å². The number of nitrogens with two attached hydrogens (primary N) is 1. The summed E-state index contributed by atoms with van der Waals surface area (Å²) in [7, 11) is 0. The largest absolute Gasteiger partial charge is 0.381 e. The van der Waals surface area contributed by atoms with Crippen LogP contribution in [0.2, 0.25) is 0 Å². The summed E-state index contributed by atoms with van der Waals surface area (Å²) in [6.07, 6.45) is 6.95. The van der Waals surface area contributed by atoms with Crippen molar-refractivity contribution in [1.29, 1.82) is 0 Å². The number of carbonyl (C=O) groups is 1. The summed E-state index contributed by atoms with van der Waals surface area (Å²) in [5.41, 5.74) is 7.55. The lowest BCUT2D eigenvalue weighted by Gasteiger charge is -2.23. The van der Waals surface area contributed by atoms with E-state index in [-0.39, 0.29) is 22.9 Å². The lowest BCUT2D eigenvalue weighted by Crippen LogP contribution is -2.19. The minimum absolute atomic E-state index is 0.0322. The second-order valence-corrected chi connectivity index (χ2v) is 6.00. The monoisotopic (exact) mass is 357 g/mol. The Morgan fingerprint density at radius 1 is 1.27 bits per heavy atom. The first-order chi connectivity index (χ1) is 12.6. The van der Waals surface area contributed by atoms with Gasteiger partial charge in [0.2, 0.25) is 0 Å². The summed E-state index contributed by atoms with van der Waals surface area (Å²) in [6, 6.07) is 0. The number of hydrogen-bond acceptors (Lipinski definition) is 7. The second-order valence-electron chi connectivity index (χ2n) is 6.00. The summed E-state index contributed by atoms with van der Waals surface area (Å²) in [5.74, 6) is -0.872. The van der Waals surface area contributed by atoms with Crippen LogP contribution in [0.5, 0.6) is 0 Å². The van der Waals surface area contributed by atoms with Gasteiger partial charge in [0.1, 0.15) is 5.56 Å². The molecule has 1 saturated heterocycles. The first-order valence-electron chi connectivity index (χ1n) is 8.12. The lowest BCUT2D eigenvalue weighted by atomic mass is 9.92. The number of halogens is 1. The quantitative estimate of drug-likeness (QED) is 0.726. The fraction of sp³-hybridized carbons (Fsp3) is 0.312. The molecular weight excluding hydrogens is 341 g/mol. The van der Waals surface area contributed by atoms with Crippen LogP contribution in [0.15, 0.2) is 24.8 Å². The SMILES string of the molecule is Nc1nn2cc(F)cnc2c1C(=O)Nc1cnncc1C1CCOCC1. The first-order valence-corrected chi connectivity index (χ1v) is 8.12. The Morgan fingerprint density at radius 3 is 2.85 bits per heavy atom. The van der Waals surface area contributed by atoms with E-state index >= 15 is 0 Å². The van der Waals surface area contributed by atoms with Crippen LogP contribution in [0.4, 0.5) is 15.9 Å². The van der Waals surface area contributed by atoms with E-state index < -0.39 is 11.7 Å². The molecule has 1 fully saturated rings. The summed E-state index contributed by atoms with van der Waals surface area (Å²) in [4.78, 5) is 16.7. The molecule has 26 heavy (non-hydrogen) atoms. The molecule has 1 amide bonds. The summed E-state index contributed by atoms with van der Waals surface area (Å²) < 4.78 is 19.8. The van der Waals surface area contributed by atoms with Crippen molar-refractivity contribution < 1.29 is 13.9 Å². The van der Waals surface area contributed by atoms with E-state index in [0.29, 0.717) is 18.9 Å². The molecule has 134 valence electrons. The molecule has 4 rings (SSSR count). The van der Waals surface area contributed by atoms with Gasteiger partial charge in [-0.3, -0.25) is 4.79 Å². The van der Waals surface area contributed by atoms with E-state index in [1.165, 1.54) is 6.20 Å². The van der Waals surface area contributed by atoms with Crippen molar-refractivity contribution in [3.63, 3.8) is 0 Å². The molecule has 3 aromatic heterocycles. The summed E-state index contributed by atoms with van der Waals surface area (Å²) in [5, 5.41) is 14.5. The number of fused-ring (bicyclic) bond motifs is 1. The number of nitrogens with one attached hydrogen (secondary N) is 1. The lowest BCUT2D eigenvalue weighted by molar-refractivity contribution is 0.0853. The highest BCUT2D eigenvalue weighted by Gasteiger charge is 2.24. The van der Waals surface area contributed by atoms with Crippen LogP contribution >= 0.6 is 0 Å². The van der Waals surface area contributed by atoms with E-state index in [2.05, 4.69) is 25.6 Å². The molecule has 1 aliphatic heterocycles. The fourth-order valence-electron chi connectivity index (χ4n) is 3.10. The van der Waals surface area contributed by atoms with Gasteiger partial charge in [-0.25, -0.2) is 13.9 Å². The average Bonchev–Trinajstić information content (AvgIpc) is 2.97. The summed E-state index contributed by atoms with van der Waals surface area (Å²) >= 11 is 0. The highest BCUT2D eigenvalue weighted by atomic mass is 19.1. The zero-order valence-electron chi connectivity index (χ0n) is 13.7. The van der Waals surface area contributed by atoms with Crippen molar-refractivity contribution in [3.05, 3.63) is 41.7 Å². The minimum Gasteiger partial charge on any atom is -0.381 e. The third-order valence-electron chi connectivity index (χ3n) is 4.37. The van der Waals surface area contributed by atoms with Crippen molar-refractivity contribution in [1.82, 2.24) is 24.8 Å². The Bertz CT molecular complexity index is 968. The number of nitrogens with zero attached hydrogens (tertiary/aromatic N) is 5. The molecule has 0 unspecified atom stereocenters. The highest BCUT2D eigenvalue weighted by molar-refractivity contribution is 6.11. The van der Waals surface area contributed by atoms with Gasteiger partial charge in [-0.1, -0.05) is 0 Å². The molecule has 0 radical (unpaired) electrons. The molecule has 3 N–H and O–H groups in total. The zero-order valence-corrected chi connectivity index (χ0v) is 13.7. The first kappa shape index (κ1) is 16.3. The van der Waals surface area contributed by atoms with Gasteiger partial charge < -0.3 is 15.8 Å². The van der Waals surface area contributed by atoms with Crippen molar-refractivity contribution in [3.8, 4) is 0 Å². The van der Waals surface area contributed by atoms with Gasteiger partial charge in [0.05, 0.1) is 30.5 Å². The number of anilines is 2. The Morgan fingerprint density at radius 2 is 2.04 bits per heavy atom. The molecule has 0 spiro atoms. The molecule has 0 aliphatic carbocycles. The molecule has 0 bridgehead atoms.